The number of benzene rings is 10. The predicted molar refractivity (Wildman–Crippen MR) is 259 cm³/mol. The number of nitrogens with zero attached hydrogens (tertiary/aromatic N) is 1. The molecular formula is C58H39NS. The fourth-order valence-corrected chi connectivity index (χ4v) is 10.2. The zero-order valence-corrected chi connectivity index (χ0v) is 33.7. The van der Waals surface area contributed by atoms with Gasteiger partial charge in [0.2, 0.25) is 0 Å². The maximum absolute atomic E-state index is 2.42. The highest BCUT2D eigenvalue weighted by Gasteiger charge is 2.26. The van der Waals surface area contributed by atoms with Crippen LogP contribution in [0.4, 0.5) is 17.1 Å². The molecule has 0 spiro atoms. The summed E-state index contributed by atoms with van der Waals surface area (Å²) >= 11 is 1.87. The van der Waals surface area contributed by atoms with E-state index < -0.39 is 0 Å². The van der Waals surface area contributed by atoms with Crippen molar-refractivity contribution >= 4 is 59.3 Å². The van der Waals surface area contributed by atoms with Crippen molar-refractivity contribution in [3.8, 4) is 55.6 Å². The van der Waals surface area contributed by atoms with Gasteiger partial charge in [-0.2, -0.15) is 0 Å². The van der Waals surface area contributed by atoms with Crippen LogP contribution in [0.15, 0.2) is 237 Å². The molecule has 0 fully saturated rings. The maximum atomic E-state index is 2.42. The highest BCUT2D eigenvalue weighted by molar-refractivity contribution is 7.25. The number of fused-ring (bicyclic) bond motifs is 4. The lowest BCUT2D eigenvalue weighted by molar-refractivity contribution is 1.29. The van der Waals surface area contributed by atoms with E-state index in [1.807, 2.05) is 11.3 Å². The van der Waals surface area contributed by atoms with Gasteiger partial charge in [-0.25, -0.2) is 0 Å². The lowest BCUT2D eigenvalue weighted by Gasteiger charge is -2.25. The first-order valence-corrected chi connectivity index (χ1v) is 21.3. The van der Waals surface area contributed by atoms with E-state index >= 15 is 0 Å². The third-order valence-electron chi connectivity index (χ3n) is 11.6. The topological polar surface area (TPSA) is 3.24 Å². The molecule has 0 aliphatic rings. The van der Waals surface area contributed by atoms with Crippen LogP contribution in [0.1, 0.15) is 0 Å². The first kappa shape index (κ1) is 35.6. The summed E-state index contributed by atoms with van der Waals surface area (Å²) in [5.41, 5.74) is 15.6. The Morgan fingerprint density at radius 2 is 0.700 bits per heavy atom. The molecule has 0 bridgehead atoms. The second kappa shape index (κ2) is 15.3. The van der Waals surface area contributed by atoms with Gasteiger partial charge in [-0.1, -0.05) is 194 Å². The highest BCUT2D eigenvalue weighted by Crippen LogP contribution is 2.53. The van der Waals surface area contributed by atoms with E-state index in [9.17, 15) is 0 Å². The molecule has 60 heavy (non-hydrogen) atoms. The predicted octanol–water partition coefficient (Wildman–Crippen LogP) is 17.0. The molecule has 0 aliphatic carbocycles. The van der Waals surface area contributed by atoms with Gasteiger partial charge in [0.15, 0.2) is 0 Å². The van der Waals surface area contributed by atoms with Crippen LogP contribution in [-0.4, -0.2) is 0 Å². The molecule has 0 unspecified atom stereocenters. The van der Waals surface area contributed by atoms with Gasteiger partial charge in [-0.05, 0) is 109 Å². The molecule has 2 heteroatoms. The van der Waals surface area contributed by atoms with Crippen molar-refractivity contribution in [2.45, 2.75) is 0 Å². The molecule has 11 rings (SSSR count). The number of hydrogen-bond acceptors (Lipinski definition) is 2. The molecule has 11 aromatic rings. The SMILES string of the molecule is c1ccc(-c2c(-c3ccccc3)c(-c3ccccc3)c3c(-c4ccc5c(c4)sc4cc(N(c6ccccc6)c6ccccc6)ccc45)cccc3c2-c2ccccc2)cc1. The molecule has 1 aromatic heterocycles. The molecule has 0 saturated heterocycles. The average Bonchev–Trinajstić information content (AvgIpc) is 3.69. The lowest BCUT2D eigenvalue weighted by Crippen LogP contribution is -2.09. The van der Waals surface area contributed by atoms with Crippen molar-refractivity contribution < 1.29 is 0 Å². The van der Waals surface area contributed by atoms with Crippen molar-refractivity contribution in [2.75, 3.05) is 4.90 Å². The third kappa shape index (κ3) is 6.26. The Morgan fingerprint density at radius 3 is 1.23 bits per heavy atom. The Hall–Kier alpha value is -7.52. The smallest absolute Gasteiger partial charge is 0.0476 e. The van der Waals surface area contributed by atoms with Crippen molar-refractivity contribution in [3.05, 3.63) is 237 Å². The van der Waals surface area contributed by atoms with E-state index in [1.54, 1.807) is 0 Å². The summed E-state index contributed by atoms with van der Waals surface area (Å²) < 4.78 is 2.54. The van der Waals surface area contributed by atoms with Gasteiger partial charge in [0.25, 0.3) is 0 Å². The van der Waals surface area contributed by atoms with Gasteiger partial charge in [-0.3, -0.25) is 0 Å². The van der Waals surface area contributed by atoms with E-state index in [0.717, 1.165) is 17.1 Å². The number of thiophene rings is 1. The van der Waals surface area contributed by atoms with Crippen LogP contribution in [0, 0.1) is 0 Å². The summed E-state index contributed by atoms with van der Waals surface area (Å²) in [4.78, 5) is 2.34. The summed E-state index contributed by atoms with van der Waals surface area (Å²) in [6, 6.07) is 86.1. The molecule has 0 N–H and O–H groups in total. The molecule has 282 valence electrons. The molecule has 0 aliphatic heterocycles. The fraction of sp³-hybridized carbons (Fsp3) is 0. The first-order valence-electron chi connectivity index (χ1n) is 20.5. The Bertz CT molecular complexity index is 3230. The van der Waals surface area contributed by atoms with Crippen LogP contribution in [0.3, 0.4) is 0 Å². The average molecular weight is 782 g/mol. The molecular weight excluding hydrogens is 743 g/mol. The largest absolute Gasteiger partial charge is 0.310 e. The summed E-state index contributed by atoms with van der Waals surface area (Å²) in [7, 11) is 0. The summed E-state index contributed by atoms with van der Waals surface area (Å²) in [6.07, 6.45) is 0. The Morgan fingerprint density at radius 1 is 0.267 bits per heavy atom. The minimum atomic E-state index is 1.14. The van der Waals surface area contributed by atoms with Crippen LogP contribution in [-0.2, 0) is 0 Å². The van der Waals surface area contributed by atoms with Gasteiger partial charge < -0.3 is 4.90 Å². The highest BCUT2D eigenvalue weighted by atomic mass is 32.1. The minimum Gasteiger partial charge on any atom is -0.310 e. The Kier molecular flexibility index (Phi) is 9.11. The zero-order chi connectivity index (χ0) is 39.8. The summed E-state index contributed by atoms with van der Waals surface area (Å²) in [5, 5.41) is 5.05. The van der Waals surface area contributed by atoms with E-state index in [1.165, 1.54) is 86.6 Å². The molecule has 10 aromatic carbocycles. The second-order valence-electron chi connectivity index (χ2n) is 15.2. The first-order chi connectivity index (χ1) is 29.8. The number of anilines is 3. The standard InChI is InChI=1S/C58H39NS/c1-7-20-40(21-8-1)54-51-33-19-32-48(58(51)57(43-26-13-4-14-27-43)56(42-24-11-3-12-25-42)55(54)41-22-9-2-10-23-41)44-34-36-49-50-37-35-47(39-53(50)60-52(49)38-44)59(45-28-15-5-16-29-45)46-30-17-6-18-31-46/h1-39H. The molecule has 1 heterocycles. The van der Waals surface area contributed by atoms with Gasteiger partial charge in [-0.15, -0.1) is 11.3 Å². The number of rotatable bonds is 8. The number of hydrogen-bond donors (Lipinski definition) is 0. The Labute approximate surface area is 354 Å². The van der Waals surface area contributed by atoms with Crippen LogP contribution in [0.5, 0.6) is 0 Å². The van der Waals surface area contributed by atoms with E-state index in [-0.39, 0.29) is 0 Å². The minimum absolute atomic E-state index is 1.14. The Balaban J connectivity index is 1.18. The molecule has 0 saturated carbocycles. The molecule has 0 amide bonds. The van der Waals surface area contributed by atoms with Gasteiger partial charge in [0.1, 0.15) is 0 Å². The van der Waals surface area contributed by atoms with E-state index in [2.05, 4.69) is 241 Å². The molecule has 0 atom stereocenters. The normalized spacial score (nSPS) is 11.3. The maximum Gasteiger partial charge on any atom is 0.0476 e. The van der Waals surface area contributed by atoms with E-state index in [4.69, 9.17) is 0 Å². The van der Waals surface area contributed by atoms with E-state index in [0.29, 0.717) is 0 Å². The van der Waals surface area contributed by atoms with Crippen molar-refractivity contribution in [3.63, 3.8) is 0 Å². The van der Waals surface area contributed by atoms with Crippen LogP contribution < -0.4 is 4.90 Å². The fourth-order valence-electron chi connectivity index (χ4n) is 9.04. The van der Waals surface area contributed by atoms with Crippen molar-refractivity contribution in [1.29, 1.82) is 0 Å². The number of para-hydroxylation sites is 2. The van der Waals surface area contributed by atoms with Crippen LogP contribution in [0.25, 0.3) is 86.6 Å². The van der Waals surface area contributed by atoms with Crippen molar-refractivity contribution in [1.82, 2.24) is 0 Å². The summed E-state index contributed by atoms with van der Waals surface area (Å²) in [6.45, 7) is 0. The van der Waals surface area contributed by atoms with Gasteiger partial charge in [0, 0.05) is 37.2 Å². The quantitative estimate of drug-likeness (QED) is 0.148. The summed E-state index contributed by atoms with van der Waals surface area (Å²) in [5.74, 6) is 0. The third-order valence-corrected chi connectivity index (χ3v) is 12.8. The van der Waals surface area contributed by atoms with Gasteiger partial charge in [0.05, 0.1) is 0 Å². The monoisotopic (exact) mass is 781 g/mol. The second-order valence-corrected chi connectivity index (χ2v) is 16.3. The van der Waals surface area contributed by atoms with Crippen molar-refractivity contribution in [2.24, 2.45) is 0 Å². The molecule has 0 radical (unpaired) electrons. The lowest BCUT2D eigenvalue weighted by atomic mass is 9.77. The van der Waals surface area contributed by atoms with Crippen LogP contribution in [0.2, 0.25) is 0 Å². The zero-order valence-electron chi connectivity index (χ0n) is 32.9. The van der Waals surface area contributed by atoms with Gasteiger partial charge >= 0.3 is 0 Å². The van der Waals surface area contributed by atoms with Crippen LogP contribution >= 0.6 is 11.3 Å². The molecule has 1 nitrogen and oxygen atoms in total.